The average molecular weight is 515 g/mol. The van der Waals surface area contributed by atoms with Crippen LogP contribution in [0.15, 0.2) is 92.9 Å². The number of halogens is 2. The lowest BCUT2D eigenvalue weighted by atomic mass is 10.2. The number of carbonyl (C=O) groups excluding carboxylic acids is 2. The lowest BCUT2D eigenvalue weighted by molar-refractivity contribution is -0.119. The summed E-state index contributed by atoms with van der Waals surface area (Å²) in [6.45, 7) is -0.162. The zero-order chi connectivity index (χ0) is 20.6. The van der Waals surface area contributed by atoms with Gasteiger partial charge in [0.2, 0.25) is 0 Å². The predicted octanol–water partition coefficient (Wildman–Crippen LogP) is 5.01. The molecule has 7 heteroatoms. The van der Waals surface area contributed by atoms with Crippen molar-refractivity contribution in [2.45, 2.75) is 0 Å². The molecular weight excluding hydrogens is 498 g/mol. The second-order valence-electron chi connectivity index (χ2n) is 6.08. The van der Waals surface area contributed by atoms with Crippen molar-refractivity contribution in [1.29, 1.82) is 0 Å². The summed E-state index contributed by atoms with van der Waals surface area (Å²) in [5, 5.41) is 3.98. The maximum atomic E-state index is 13.0. The zero-order valence-electron chi connectivity index (χ0n) is 15.3. The Kier molecular flexibility index (Phi) is 7.32. The van der Waals surface area contributed by atoms with Crippen LogP contribution in [-0.2, 0) is 4.79 Å². The van der Waals surface area contributed by atoms with E-state index in [2.05, 4.69) is 42.4 Å². The van der Waals surface area contributed by atoms with Crippen molar-refractivity contribution in [3.8, 4) is 0 Å². The second kappa shape index (κ2) is 10.1. The molecule has 2 amide bonds. The highest BCUT2D eigenvalue weighted by molar-refractivity contribution is 9.10. The van der Waals surface area contributed by atoms with Gasteiger partial charge in [-0.15, -0.1) is 0 Å². The maximum Gasteiger partial charge on any atom is 0.260 e. The molecule has 0 heterocycles. The number of hydrogen-bond donors (Lipinski definition) is 1. The Morgan fingerprint density at radius 2 is 1.62 bits per heavy atom. The van der Waals surface area contributed by atoms with E-state index < -0.39 is 5.91 Å². The van der Waals surface area contributed by atoms with Gasteiger partial charge < -0.3 is 0 Å². The van der Waals surface area contributed by atoms with Gasteiger partial charge in [-0.2, -0.15) is 5.10 Å². The summed E-state index contributed by atoms with van der Waals surface area (Å²) in [6, 6.07) is 23.6. The van der Waals surface area contributed by atoms with Crippen LogP contribution in [0.3, 0.4) is 0 Å². The molecule has 0 aliphatic carbocycles. The van der Waals surface area contributed by atoms with Gasteiger partial charge in [-0.25, -0.2) is 5.43 Å². The third kappa shape index (κ3) is 6.10. The van der Waals surface area contributed by atoms with Crippen LogP contribution in [0.25, 0.3) is 0 Å². The zero-order valence-corrected chi connectivity index (χ0v) is 18.4. The topological polar surface area (TPSA) is 61.8 Å². The molecule has 0 aliphatic rings. The van der Waals surface area contributed by atoms with Crippen molar-refractivity contribution in [1.82, 2.24) is 5.43 Å². The summed E-state index contributed by atoms with van der Waals surface area (Å²) in [6.07, 6.45) is 1.55. The van der Waals surface area contributed by atoms with Gasteiger partial charge in [-0.3, -0.25) is 14.5 Å². The number of carbonyl (C=O) groups is 2. The predicted molar refractivity (Wildman–Crippen MR) is 122 cm³/mol. The molecule has 0 radical (unpaired) electrons. The van der Waals surface area contributed by atoms with Crippen LogP contribution in [0.5, 0.6) is 0 Å². The molecule has 0 aromatic heterocycles. The Labute approximate surface area is 185 Å². The molecule has 0 fully saturated rings. The minimum absolute atomic E-state index is 0.162. The van der Waals surface area contributed by atoms with E-state index >= 15 is 0 Å². The SMILES string of the molecule is O=C(CN(C(=O)c1ccccc1)c1ccc(Br)cc1)N/N=C\c1cccc(Br)c1. The fourth-order valence-electron chi connectivity index (χ4n) is 2.58. The van der Waals surface area contributed by atoms with Crippen LogP contribution in [0.1, 0.15) is 15.9 Å². The molecule has 1 N–H and O–H groups in total. The van der Waals surface area contributed by atoms with E-state index in [1.807, 2.05) is 42.5 Å². The summed E-state index contributed by atoms with van der Waals surface area (Å²) in [5.74, 6) is -0.664. The van der Waals surface area contributed by atoms with Crippen LogP contribution in [0.2, 0.25) is 0 Å². The second-order valence-corrected chi connectivity index (χ2v) is 7.91. The quantitative estimate of drug-likeness (QED) is 0.371. The van der Waals surface area contributed by atoms with Crippen molar-refractivity contribution in [2.24, 2.45) is 5.10 Å². The Bertz CT molecular complexity index is 1020. The Morgan fingerprint density at radius 3 is 2.31 bits per heavy atom. The highest BCUT2D eigenvalue weighted by Crippen LogP contribution is 2.20. The molecule has 3 rings (SSSR count). The largest absolute Gasteiger partial charge is 0.299 e. The molecule has 0 unspecified atom stereocenters. The van der Waals surface area contributed by atoms with Crippen LogP contribution in [0, 0.1) is 0 Å². The van der Waals surface area contributed by atoms with E-state index in [0.29, 0.717) is 11.3 Å². The molecule has 146 valence electrons. The van der Waals surface area contributed by atoms with E-state index in [-0.39, 0.29) is 12.5 Å². The number of hydrogen-bond acceptors (Lipinski definition) is 3. The summed E-state index contributed by atoms with van der Waals surface area (Å²) >= 11 is 6.77. The molecular formula is C22H17Br2N3O2. The standard InChI is InChI=1S/C22H17Br2N3O2/c23-18-9-11-20(12-10-18)27(22(29)17-6-2-1-3-7-17)15-21(28)26-25-14-16-5-4-8-19(24)13-16/h1-14H,15H2,(H,26,28)/b25-14-. The van der Waals surface area contributed by atoms with Gasteiger partial charge in [-0.05, 0) is 54.1 Å². The monoisotopic (exact) mass is 513 g/mol. The molecule has 0 spiro atoms. The van der Waals surface area contributed by atoms with Gasteiger partial charge in [0, 0.05) is 20.2 Å². The first-order valence-corrected chi connectivity index (χ1v) is 10.3. The Morgan fingerprint density at radius 1 is 0.897 bits per heavy atom. The molecule has 0 bridgehead atoms. The molecule has 29 heavy (non-hydrogen) atoms. The molecule has 5 nitrogen and oxygen atoms in total. The summed E-state index contributed by atoms with van der Waals surface area (Å²) in [5.41, 5.74) is 4.44. The summed E-state index contributed by atoms with van der Waals surface area (Å²) in [4.78, 5) is 26.9. The van der Waals surface area contributed by atoms with E-state index in [0.717, 1.165) is 14.5 Å². The van der Waals surface area contributed by atoms with E-state index in [1.165, 1.54) is 4.90 Å². The third-order valence-electron chi connectivity index (χ3n) is 3.96. The molecule has 3 aromatic rings. The number of amides is 2. The highest BCUT2D eigenvalue weighted by atomic mass is 79.9. The van der Waals surface area contributed by atoms with Crippen molar-refractivity contribution in [3.63, 3.8) is 0 Å². The van der Waals surface area contributed by atoms with Gasteiger partial charge in [0.1, 0.15) is 6.54 Å². The third-order valence-corrected chi connectivity index (χ3v) is 4.98. The Balaban J connectivity index is 1.74. The van der Waals surface area contributed by atoms with Crippen molar-refractivity contribution in [3.05, 3.63) is 98.9 Å². The van der Waals surface area contributed by atoms with Gasteiger partial charge >= 0.3 is 0 Å². The number of nitrogens with one attached hydrogen (secondary N) is 1. The van der Waals surface area contributed by atoms with Gasteiger partial charge in [-0.1, -0.05) is 62.2 Å². The molecule has 0 saturated carbocycles. The summed E-state index contributed by atoms with van der Waals surface area (Å²) in [7, 11) is 0. The van der Waals surface area contributed by atoms with Crippen LogP contribution < -0.4 is 10.3 Å². The van der Waals surface area contributed by atoms with E-state index in [4.69, 9.17) is 0 Å². The molecule has 3 aromatic carbocycles. The fourth-order valence-corrected chi connectivity index (χ4v) is 3.26. The average Bonchev–Trinajstić information content (AvgIpc) is 2.73. The Hall–Kier alpha value is -2.77. The van der Waals surface area contributed by atoms with Gasteiger partial charge in [0.15, 0.2) is 0 Å². The van der Waals surface area contributed by atoms with Gasteiger partial charge in [0.05, 0.1) is 6.21 Å². The first-order chi connectivity index (χ1) is 14.0. The van der Waals surface area contributed by atoms with Crippen LogP contribution in [-0.4, -0.2) is 24.6 Å². The maximum absolute atomic E-state index is 13.0. The van der Waals surface area contributed by atoms with Crippen LogP contribution in [0.4, 0.5) is 5.69 Å². The van der Waals surface area contributed by atoms with Crippen molar-refractivity contribution < 1.29 is 9.59 Å². The number of rotatable bonds is 6. The fraction of sp³-hybridized carbons (Fsp3) is 0.0455. The number of hydrazone groups is 1. The summed E-state index contributed by atoms with van der Waals surface area (Å²) < 4.78 is 1.80. The number of nitrogens with zero attached hydrogens (tertiary/aromatic N) is 2. The molecule has 0 aliphatic heterocycles. The first kappa shape index (κ1) is 21.0. The minimum Gasteiger partial charge on any atom is -0.299 e. The minimum atomic E-state index is -0.400. The normalized spacial score (nSPS) is 10.7. The molecule has 0 atom stereocenters. The van der Waals surface area contributed by atoms with Crippen LogP contribution >= 0.6 is 31.9 Å². The lowest BCUT2D eigenvalue weighted by Gasteiger charge is -2.22. The molecule has 0 saturated heterocycles. The highest BCUT2D eigenvalue weighted by Gasteiger charge is 2.20. The van der Waals surface area contributed by atoms with Crippen molar-refractivity contribution in [2.75, 3.05) is 11.4 Å². The smallest absolute Gasteiger partial charge is 0.260 e. The number of anilines is 1. The lowest BCUT2D eigenvalue weighted by Crippen LogP contribution is -2.39. The van der Waals surface area contributed by atoms with E-state index in [1.54, 1.807) is 42.6 Å². The van der Waals surface area contributed by atoms with E-state index in [9.17, 15) is 9.59 Å². The number of benzene rings is 3. The van der Waals surface area contributed by atoms with Gasteiger partial charge in [0.25, 0.3) is 11.8 Å². The first-order valence-electron chi connectivity index (χ1n) is 8.73. The van der Waals surface area contributed by atoms with Crippen molar-refractivity contribution >= 4 is 55.6 Å².